The number of nitrogens with one attached hydrogen (secondary N) is 2. The predicted molar refractivity (Wildman–Crippen MR) is 84.1 cm³/mol. The van der Waals surface area contributed by atoms with E-state index in [1.54, 1.807) is 0 Å². The molecular formula is C16H31N3O2. The first-order valence-corrected chi connectivity index (χ1v) is 8.20. The maximum atomic E-state index is 11.8. The summed E-state index contributed by atoms with van der Waals surface area (Å²) in [6, 6.07) is 1.27. The number of carbonyl (C=O) groups is 1. The molecule has 5 nitrogen and oxygen atoms in total. The average molecular weight is 297 g/mol. The van der Waals surface area contributed by atoms with E-state index in [1.165, 1.54) is 25.7 Å². The minimum atomic E-state index is -0.425. The lowest BCUT2D eigenvalue weighted by atomic mass is 9.82. The topological polar surface area (TPSA) is 76.4 Å². The quantitative estimate of drug-likeness (QED) is 0.743. The summed E-state index contributed by atoms with van der Waals surface area (Å²) in [6.45, 7) is 8.50. The molecular weight excluding hydrogens is 266 g/mol. The van der Waals surface area contributed by atoms with Crippen LogP contribution in [0.1, 0.15) is 59.8 Å². The van der Waals surface area contributed by atoms with Crippen LogP contribution in [0.3, 0.4) is 0 Å². The summed E-state index contributed by atoms with van der Waals surface area (Å²) >= 11 is 0. The van der Waals surface area contributed by atoms with Gasteiger partial charge >= 0.3 is 6.09 Å². The third-order valence-corrected chi connectivity index (χ3v) is 4.74. The second-order valence-electron chi connectivity index (χ2n) is 7.84. The van der Waals surface area contributed by atoms with Gasteiger partial charge in [0.25, 0.3) is 0 Å². The molecule has 0 heterocycles. The number of amides is 1. The SMILES string of the molecule is CC(CN)NC1CCC2(CC1)CC2NC(=O)OC(C)(C)C. The van der Waals surface area contributed by atoms with Gasteiger partial charge in [-0.1, -0.05) is 0 Å². The first-order valence-electron chi connectivity index (χ1n) is 8.20. The Morgan fingerprint density at radius 2 is 2.00 bits per heavy atom. The Morgan fingerprint density at radius 3 is 2.52 bits per heavy atom. The first-order chi connectivity index (χ1) is 9.74. The van der Waals surface area contributed by atoms with Gasteiger partial charge in [0.15, 0.2) is 0 Å². The van der Waals surface area contributed by atoms with E-state index in [9.17, 15) is 4.79 Å². The third kappa shape index (κ3) is 4.58. The number of carbonyl (C=O) groups excluding carboxylic acids is 1. The molecule has 4 N–H and O–H groups in total. The number of alkyl carbamates (subject to hydrolysis) is 1. The lowest BCUT2D eigenvalue weighted by molar-refractivity contribution is 0.0511. The summed E-state index contributed by atoms with van der Waals surface area (Å²) in [4.78, 5) is 11.8. The Hall–Kier alpha value is -0.810. The van der Waals surface area contributed by atoms with Crippen LogP contribution in [0.2, 0.25) is 0 Å². The fourth-order valence-corrected chi connectivity index (χ4v) is 3.38. The summed E-state index contributed by atoms with van der Waals surface area (Å²) < 4.78 is 5.33. The van der Waals surface area contributed by atoms with E-state index in [0.717, 1.165) is 6.42 Å². The molecule has 2 rings (SSSR count). The Bertz CT molecular complexity index is 370. The van der Waals surface area contributed by atoms with Crippen LogP contribution < -0.4 is 16.4 Å². The van der Waals surface area contributed by atoms with Crippen LogP contribution in [0, 0.1) is 5.41 Å². The van der Waals surface area contributed by atoms with Gasteiger partial charge in [-0.3, -0.25) is 0 Å². The number of rotatable bonds is 4. The molecule has 0 aromatic rings. The molecule has 0 radical (unpaired) electrons. The van der Waals surface area contributed by atoms with Crippen molar-refractivity contribution < 1.29 is 9.53 Å². The normalized spacial score (nSPS) is 33.6. The van der Waals surface area contributed by atoms with Gasteiger partial charge in [-0.05, 0) is 65.2 Å². The fraction of sp³-hybridized carbons (Fsp3) is 0.938. The van der Waals surface area contributed by atoms with Crippen LogP contribution in [-0.2, 0) is 4.74 Å². The Kier molecular flexibility index (Phi) is 4.83. The minimum Gasteiger partial charge on any atom is -0.444 e. The first kappa shape index (κ1) is 16.6. The van der Waals surface area contributed by atoms with Gasteiger partial charge in [0.05, 0.1) is 0 Å². The largest absolute Gasteiger partial charge is 0.444 e. The molecule has 1 amide bonds. The number of ether oxygens (including phenoxy) is 1. The van der Waals surface area contributed by atoms with Gasteiger partial charge in [0, 0.05) is 24.7 Å². The van der Waals surface area contributed by atoms with Crippen LogP contribution >= 0.6 is 0 Å². The van der Waals surface area contributed by atoms with Crippen LogP contribution in [0.15, 0.2) is 0 Å². The summed E-state index contributed by atoms with van der Waals surface area (Å²) in [5.74, 6) is 0. The molecule has 1 spiro atoms. The highest BCUT2D eigenvalue weighted by molar-refractivity contribution is 5.68. The highest BCUT2D eigenvalue weighted by atomic mass is 16.6. The van der Waals surface area contributed by atoms with Crippen molar-refractivity contribution in [3.05, 3.63) is 0 Å². The molecule has 0 aromatic heterocycles. The van der Waals surface area contributed by atoms with Crippen molar-refractivity contribution in [2.45, 2.75) is 83.5 Å². The minimum absolute atomic E-state index is 0.277. The maximum Gasteiger partial charge on any atom is 0.407 e. The highest BCUT2D eigenvalue weighted by Crippen LogP contribution is 2.56. The van der Waals surface area contributed by atoms with Crippen LogP contribution in [-0.4, -0.2) is 36.4 Å². The Morgan fingerprint density at radius 1 is 1.38 bits per heavy atom. The van der Waals surface area contributed by atoms with Crippen molar-refractivity contribution >= 4 is 6.09 Å². The van der Waals surface area contributed by atoms with Gasteiger partial charge in [-0.15, -0.1) is 0 Å². The van der Waals surface area contributed by atoms with Crippen molar-refractivity contribution in [3.8, 4) is 0 Å². The second-order valence-corrected chi connectivity index (χ2v) is 7.84. The summed E-state index contributed by atoms with van der Waals surface area (Å²) in [5, 5.41) is 6.62. The number of hydrogen-bond acceptors (Lipinski definition) is 4. The van der Waals surface area contributed by atoms with Gasteiger partial charge in [-0.25, -0.2) is 4.79 Å². The zero-order valence-electron chi connectivity index (χ0n) is 13.9. The van der Waals surface area contributed by atoms with Crippen LogP contribution in [0.25, 0.3) is 0 Å². The molecule has 2 atom stereocenters. The van der Waals surface area contributed by atoms with Gasteiger partial charge in [0.2, 0.25) is 0 Å². The average Bonchev–Trinajstić information content (AvgIpc) is 3.02. The molecule has 2 unspecified atom stereocenters. The van der Waals surface area contributed by atoms with Crippen molar-refractivity contribution in [3.63, 3.8) is 0 Å². The number of hydrogen-bond donors (Lipinski definition) is 3. The molecule has 0 saturated heterocycles. The molecule has 5 heteroatoms. The summed E-state index contributed by atoms with van der Waals surface area (Å²) in [5.41, 5.74) is 5.57. The Labute approximate surface area is 128 Å². The molecule has 21 heavy (non-hydrogen) atoms. The zero-order valence-corrected chi connectivity index (χ0v) is 13.9. The molecule has 0 aliphatic heterocycles. The van der Waals surface area contributed by atoms with Crippen molar-refractivity contribution in [2.75, 3.05) is 6.54 Å². The molecule has 2 saturated carbocycles. The van der Waals surface area contributed by atoms with Gasteiger partial charge in [-0.2, -0.15) is 0 Å². The third-order valence-electron chi connectivity index (χ3n) is 4.74. The highest BCUT2D eigenvalue weighted by Gasteiger charge is 2.56. The molecule has 2 aliphatic rings. The lowest BCUT2D eigenvalue weighted by Gasteiger charge is -2.32. The van der Waals surface area contributed by atoms with Crippen molar-refractivity contribution in [1.82, 2.24) is 10.6 Å². The molecule has 0 aromatic carbocycles. The summed E-state index contributed by atoms with van der Waals surface area (Å²) in [6.07, 6.45) is 5.55. The lowest BCUT2D eigenvalue weighted by Crippen LogP contribution is -2.43. The van der Waals surface area contributed by atoms with E-state index >= 15 is 0 Å². The fourth-order valence-electron chi connectivity index (χ4n) is 3.38. The standard InChI is InChI=1S/C16H31N3O2/c1-11(10-17)18-12-5-7-16(8-6-12)9-13(16)19-14(20)21-15(2,3)4/h11-13,18H,5-10,17H2,1-4H3,(H,19,20). The van der Waals surface area contributed by atoms with E-state index in [0.29, 0.717) is 30.1 Å². The monoisotopic (exact) mass is 297 g/mol. The molecule has 122 valence electrons. The van der Waals surface area contributed by atoms with Crippen molar-refractivity contribution in [1.29, 1.82) is 0 Å². The van der Waals surface area contributed by atoms with Gasteiger partial charge in [0.1, 0.15) is 5.60 Å². The van der Waals surface area contributed by atoms with Crippen LogP contribution in [0.4, 0.5) is 4.79 Å². The van der Waals surface area contributed by atoms with Crippen LogP contribution in [0.5, 0.6) is 0 Å². The zero-order chi connectivity index (χ0) is 15.7. The molecule has 0 bridgehead atoms. The van der Waals surface area contributed by atoms with E-state index in [-0.39, 0.29) is 6.09 Å². The molecule has 2 aliphatic carbocycles. The van der Waals surface area contributed by atoms with E-state index in [1.807, 2.05) is 20.8 Å². The van der Waals surface area contributed by atoms with E-state index in [2.05, 4.69) is 17.6 Å². The maximum absolute atomic E-state index is 11.8. The second kappa shape index (κ2) is 6.13. The van der Waals surface area contributed by atoms with E-state index < -0.39 is 5.60 Å². The van der Waals surface area contributed by atoms with Crippen molar-refractivity contribution in [2.24, 2.45) is 11.1 Å². The van der Waals surface area contributed by atoms with Gasteiger partial charge < -0.3 is 21.1 Å². The van der Waals surface area contributed by atoms with E-state index in [4.69, 9.17) is 10.5 Å². The summed E-state index contributed by atoms with van der Waals surface area (Å²) in [7, 11) is 0. The molecule has 2 fully saturated rings. The predicted octanol–water partition coefficient (Wildman–Crippen LogP) is 2.15. The Balaban J connectivity index is 1.72. The smallest absolute Gasteiger partial charge is 0.407 e. The number of nitrogens with two attached hydrogens (primary N) is 1.